The number of methoxy groups -OCH3 is 1. The molecule has 1 N–H and O–H groups in total. The first-order valence-corrected chi connectivity index (χ1v) is 6.56. The van der Waals surface area contributed by atoms with Crippen molar-refractivity contribution in [3.63, 3.8) is 0 Å². The molecule has 0 bridgehead atoms. The summed E-state index contributed by atoms with van der Waals surface area (Å²) in [5.74, 6) is 1.20. The number of hydrogen-bond donors (Lipinski definition) is 1. The Bertz CT molecular complexity index is 654. The van der Waals surface area contributed by atoms with Gasteiger partial charge in [-0.3, -0.25) is 0 Å². The average molecular weight is 286 g/mol. The highest BCUT2D eigenvalue weighted by molar-refractivity contribution is 6.00. The summed E-state index contributed by atoms with van der Waals surface area (Å²) in [6.45, 7) is 4.03. The molecule has 5 nitrogen and oxygen atoms in total. The minimum Gasteiger partial charge on any atom is -0.488 e. The van der Waals surface area contributed by atoms with Crippen molar-refractivity contribution in [2.75, 3.05) is 7.11 Å². The molecule has 1 aromatic heterocycles. The van der Waals surface area contributed by atoms with Crippen LogP contribution in [0, 0.1) is 6.92 Å². The van der Waals surface area contributed by atoms with Crippen LogP contribution in [0.25, 0.3) is 0 Å². The van der Waals surface area contributed by atoms with Crippen molar-refractivity contribution in [2.24, 2.45) is 5.16 Å². The van der Waals surface area contributed by atoms with Crippen molar-refractivity contribution in [1.82, 2.24) is 4.98 Å². The Morgan fingerprint density at radius 3 is 2.86 bits per heavy atom. The van der Waals surface area contributed by atoms with Crippen LogP contribution in [0.2, 0.25) is 0 Å². The molecule has 0 aliphatic carbocycles. The summed E-state index contributed by atoms with van der Waals surface area (Å²) in [6.07, 6.45) is 1.67. The molecule has 0 fully saturated rings. The van der Waals surface area contributed by atoms with E-state index in [0.29, 0.717) is 23.9 Å². The summed E-state index contributed by atoms with van der Waals surface area (Å²) >= 11 is 0. The number of rotatable bonds is 5. The number of pyridine rings is 1. The molecular formula is C16H18N2O3. The first-order valence-electron chi connectivity index (χ1n) is 6.56. The van der Waals surface area contributed by atoms with E-state index in [1.54, 1.807) is 20.2 Å². The Labute approximate surface area is 123 Å². The summed E-state index contributed by atoms with van der Waals surface area (Å²) in [6, 6.07) is 9.46. The van der Waals surface area contributed by atoms with Crippen molar-refractivity contribution < 1.29 is 14.7 Å². The SMILES string of the molecule is COc1ncccc1COc1cc(C)ccc1/C(C)=N/O. The van der Waals surface area contributed by atoms with E-state index in [1.807, 2.05) is 37.3 Å². The highest BCUT2D eigenvalue weighted by Crippen LogP contribution is 2.24. The van der Waals surface area contributed by atoms with E-state index in [0.717, 1.165) is 16.7 Å². The molecule has 0 unspecified atom stereocenters. The number of nitrogens with zero attached hydrogens (tertiary/aromatic N) is 2. The van der Waals surface area contributed by atoms with Crippen LogP contribution in [0.4, 0.5) is 0 Å². The second kappa shape index (κ2) is 6.74. The fourth-order valence-electron chi connectivity index (χ4n) is 1.98. The van der Waals surface area contributed by atoms with Gasteiger partial charge in [0, 0.05) is 11.8 Å². The minimum absolute atomic E-state index is 0.326. The van der Waals surface area contributed by atoms with Crippen molar-refractivity contribution in [1.29, 1.82) is 0 Å². The van der Waals surface area contributed by atoms with Gasteiger partial charge in [-0.1, -0.05) is 11.2 Å². The molecule has 0 saturated carbocycles. The number of aryl methyl sites for hydroxylation is 1. The van der Waals surface area contributed by atoms with Gasteiger partial charge in [0.25, 0.3) is 0 Å². The lowest BCUT2D eigenvalue weighted by atomic mass is 10.1. The number of ether oxygens (including phenoxy) is 2. The van der Waals surface area contributed by atoms with E-state index < -0.39 is 0 Å². The van der Waals surface area contributed by atoms with Crippen molar-refractivity contribution in [3.8, 4) is 11.6 Å². The Balaban J connectivity index is 2.25. The van der Waals surface area contributed by atoms with Crippen LogP contribution in [-0.2, 0) is 6.61 Å². The quantitative estimate of drug-likeness (QED) is 0.521. The summed E-state index contributed by atoms with van der Waals surface area (Å²) in [4.78, 5) is 4.13. The number of hydrogen-bond acceptors (Lipinski definition) is 5. The fourth-order valence-corrected chi connectivity index (χ4v) is 1.98. The summed E-state index contributed by atoms with van der Waals surface area (Å²) in [5, 5.41) is 12.2. The third-order valence-electron chi connectivity index (χ3n) is 3.10. The third kappa shape index (κ3) is 3.51. The molecule has 0 aliphatic heterocycles. The zero-order chi connectivity index (χ0) is 15.2. The minimum atomic E-state index is 0.326. The molecule has 2 aromatic rings. The highest BCUT2D eigenvalue weighted by Gasteiger charge is 2.10. The second-order valence-electron chi connectivity index (χ2n) is 4.65. The maximum absolute atomic E-state index is 8.95. The van der Waals surface area contributed by atoms with Crippen LogP contribution in [0.1, 0.15) is 23.6 Å². The summed E-state index contributed by atoms with van der Waals surface area (Å²) < 4.78 is 11.1. The highest BCUT2D eigenvalue weighted by atomic mass is 16.5. The van der Waals surface area contributed by atoms with Gasteiger partial charge < -0.3 is 14.7 Å². The zero-order valence-corrected chi connectivity index (χ0v) is 12.3. The molecule has 1 heterocycles. The van der Waals surface area contributed by atoms with Gasteiger partial charge in [-0.15, -0.1) is 0 Å². The lowest BCUT2D eigenvalue weighted by Gasteiger charge is -2.13. The van der Waals surface area contributed by atoms with E-state index in [1.165, 1.54) is 0 Å². The Morgan fingerprint density at radius 1 is 1.33 bits per heavy atom. The van der Waals surface area contributed by atoms with Crippen LogP contribution < -0.4 is 9.47 Å². The van der Waals surface area contributed by atoms with Crippen LogP contribution in [0.15, 0.2) is 41.7 Å². The lowest BCUT2D eigenvalue weighted by Crippen LogP contribution is -2.04. The molecule has 110 valence electrons. The number of oxime groups is 1. The predicted octanol–water partition coefficient (Wildman–Crippen LogP) is 3.18. The van der Waals surface area contributed by atoms with E-state index in [4.69, 9.17) is 14.7 Å². The maximum Gasteiger partial charge on any atom is 0.219 e. The largest absolute Gasteiger partial charge is 0.488 e. The van der Waals surface area contributed by atoms with Gasteiger partial charge in [0.15, 0.2) is 0 Å². The first-order chi connectivity index (χ1) is 10.2. The van der Waals surface area contributed by atoms with Gasteiger partial charge in [0.05, 0.1) is 18.4 Å². The summed E-state index contributed by atoms with van der Waals surface area (Å²) in [5.41, 5.74) is 3.18. The smallest absolute Gasteiger partial charge is 0.219 e. The number of benzene rings is 1. The van der Waals surface area contributed by atoms with Gasteiger partial charge in [-0.05, 0) is 43.7 Å². The van der Waals surface area contributed by atoms with Crippen LogP contribution in [0.5, 0.6) is 11.6 Å². The average Bonchev–Trinajstić information content (AvgIpc) is 2.52. The second-order valence-corrected chi connectivity index (χ2v) is 4.65. The van der Waals surface area contributed by atoms with Crippen LogP contribution in [0.3, 0.4) is 0 Å². The van der Waals surface area contributed by atoms with E-state index in [2.05, 4.69) is 10.1 Å². The summed E-state index contributed by atoms with van der Waals surface area (Å²) in [7, 11) is 1.58. The van der Waals surface area contributed by atoms with Crippen molar-refractivity contribution in [3.05, 3.63) is 53.2 Å². The topological polar surface area (TPSA) is 63.9 Å². The van der Waals surface area contributed by atoms with Crippen molar-refractivity contribution >= 4 is 5.71 Å². The molecule has 0 radical (unpaired) electrons. The fraction of sp³-hybridized carbons (Fsp3) is 0.250. The van der Waals surface area contributed by atoms with Crippen LogP contribution >= 0.6 is 0 Å². The van der Waals surface area contributed by atoms with Gasteiger partial charge in [0.2, 0.25) is 5.88 Å². The lowest BCUT2D eigenvalue weighted by molar-refractivity contribution is 0.292. The standard InChI is InChI=1S/C16H18N2O3/c1-11-6-7-14(12(2)18-19)15(9-11)21-10-13-5-4-8-17-16(13)20-3/h4-9,19H,10H2,1-3H3/b18-12+. The molecule has 2 rings (SSSR count). The maximum atomic E-state index is 8.95. The third-order valence-corrected chi connectivity index (χ3v) is 3.10. The monoisotopic (exact) mass is 286 g/mol. The molecule has 21 heavy (non-hydrogen) atoms. The molecule has 0 atom stereocenters. The zero-order valence-electron chi connectivity index (χ0n) is 12.3. The van der Waals surface area contributed by atoms with Gasteiger partial charge >= 0.3 is 0 Å². The Hall–Kier alpha value is -2.56. The predicted molar refractivity (Wildman–Crippen MR) is 80.3 cm³/mol. The molecule has 0 amide bonds. The van der Waals surface area contributed by atoms with Crippen LogP contribution in [-0.4, -0.2) is 23.0 Å². The van der Waals surface area contributed by atoms with Gasteiger partial charge in [0.1, 0.15) is 12.4 Å². The normalized spacial score (nSPS) is 11.3. The van der Waals surface area contributed by atoms with E-state index in [-0.39, 0.29) is 0 Å². The van der Waals surface area contributed by atoms with Gasteiger partial charge in [-0.25, -0.2) is 4.98 Å². The molecular weight excluding hydrogens is 268 g/mol. The molecule has 0 saturated heterocycles. The Kier molecular flexibility index (Phi) is 4.77. The van der Waals surface area contributed by atoms with E-state index in [9.17, 15) is 0 Å². The molecule has 0 spiro atoms. The molecule has 5 heteroatoms. The van der Waals surface area contributed by atoms with E-state index >= 15 is 0 Å². The van der Waals surface area contributed by atoms with Crippen molar-refractivity contribution in [2.45, 2.75) is 20.5 Å². The molecule has 0 aliphatic rings. The first kappa shape index (κ1) is 14.8. The van der Waals surface area contributed by atoms with Gasteiger partial charge in [-0.2, -0.15) is 0 Å². The Morgan fingerprint density at radius 2 is 2.14 bits per heavy atom. The molecule has 1 aromatic carbocycles. The number of aromatic nitrogens is 1.